The number of benzene rings is 1. The molecule has 1 unspecified atom stereocenters. The smallest absolute Gasteiger partial charge is 0.312 e. The minimum atomic E-state index is -3.81. The number of hydrogen-bond donors (Lipinski definition) is 1. The molecule has 0 amide bonds. The van der Waals surface area contributed by atoms with E-state index < -0.39 is 14.9 Å². The van der Waals surface area contributed by atoms with E-state index in [9.17, 15) is 18.5 Å². The molecule has 0 spiro atoms. The maximum absolute atomic E-state index is 12.7. The van der Waals surface area contributed by atoms with Crippen LogP contribution in [0.25, 0.3) is 0 Å². The van der Waals surface area contributed by atoms with Crippen LogP contribution in [0.3, 0.4) is 0 Å². The van der Waals surface area contributed by atoms with Crippen LogP contribution in [0.5, 0.6) is 5.75 Å². The fourth-order valence-corrected chi connectivity index (χ4v) is 4.36. The Bertz CT molecular complexity index is 668. The van der Waals surface area contributed by atoms with Crippen LogP contribution < -0.4 is 10.5 Å². The summed E-state index contributed by atoms with van der Waals surface area (Å²) in [6.45, 7) is 0.613. The highest BCUT2D eigenvalue weighted by Crippen LogP contribution is 2.32. The molecule has 1 aromatic carbocycles. The van der Waals surface area contributed by atoms with Gasteiger partial charge in [0.1, 0.15) is 0 Å². The topological polar surface area (TPSA) is 116 Å². The second-order valence-corrected chi connectivity index (χ2v) is 6.98. The van der Waals surface area contributed by atoms with Crippen molar-refractivity contribution in [2.45, 2.75) is 30.2 Å². The van der Waals surface area contributed by atoms with Gasteiger partial charge in [0.2, 0.25) is 10.0 Å². The maximum atomic E-state index is 12.7. The third kappa shape index (κ3) is 3.92. The molecule has 0 bridgehead atoms. The lowest BCUT2D eigenvalue weighted by Gasteiger charge is -2.33. The Balaban J connectivity index is 0.00000264. The van der Waals surface area contributed by atoms with Gasteiger partial charge < -0.3 is 10.5 Å². The summed E-state index contributed by atoms with van der Waals surface area (Å²) in [4.78, 5) is 10.3. The standard InChI is InChI=1S/C13H19N3O5S.ClH/c1-21-13-6-5-11(8-12(13)16(17)18)22(19,20)15-7-3-2-4-10(15)9-14;/h5-6,8,10H,2-4,7,9,14H2,1H3;1H. The number of ether oxygens (including phenoxy) is 1. The lowest BCUT2D eigenvalue weighted by molar-refractivity contribution is -0.386. The van der Waals surface area contributed by atoms with Crippen LogP contribution in [0.1, 0.15) is 19.3 Å². The Hall–Kier alpha value is -1.42. The van der Waals surface area contributed by atoms with Crippen LogP contribution in [0.15, 0.2) is 23.1 Å². The van der Waals surface area contributed by atoms with Crippen LogP contribution in [0, 0.1) is 10.1 Å². The molecule has 1 heterocycles. The van der Waals surface area contributed by atoms with Gasteiger partial charge in [-0.05, 0) is 25.0 Å². The third-order valence-corrected chi connectivity index (χ3v) is 5.75. The molecule has 2 rings (SSSR count). The highest BCUT2D eigenvalue weighted by atomic mass is 35.5. The van der Waals surface area contributed by atoms with Gasteiger partial charge >= 0.3 is 5.69 Å². The third-order valence-electron chi connectivity index (χ3n) is 3.80. The summed E-state index contributed by atoms with van der Waals surface area (Å²) in [5, 5.41) is 11.1. The number of rotatable bonds is 5. The van der Waals surface area contributed by atoms with Crippen molar-refractivity contribution in [1.82, 2.24) is 4.31 Å². The van der Waals surface area contributed by atoms with Crippen LogP contribution in [0.2, 0.25) is 0 Å². The lowest BCUT2D eigenvalue weighted by atomic mass is 10.1. The average molecular weight is 366 g/mol. The van der Waals surface area contributed by atoms with Gasteiger partial charge in [0.15, 0.2) is 5.75 Å². The van der Waals surface area contributed by atoms with E-state index in [0.717, 1.165) is 18.9 Å². The van der Waals surface area contributed by atoms with Gasteiger partial charge in [-0.1, -0.05) is 6.42 Å². The molecule has 1 fully saturated rings. The molecule has 10 heteroatoms. The van der Waals surface area contributed by atoms with Gasteiger partial charge in [0.05, 0.1) is 16.9 Å². The Kier molecular flexibility index (Phi) is 6.75. The molecule has 8 nitrogen and oxygen atoms in total. The first kappa shape index (κ1) is 19.6. The molecule has 0 aliphatic carbocycles. The van der Waals surface area contributed by atoms with Crippen molar-refractivity contribution in [3.8, 4) is 5.75 Å². The van der Waals surface area contributed by atoms with Crippen molar-refractivity contribution in [3.05, 3.63) is 28.3 Å². The zero-order chi connectivity index (χ0) is 16.3. The van der Waals surface area contributed by atoms with E-state index in [1.165, 1.54) is 23.5 Å². The van der Waals surface area contributed by atoms with Crippen molar-refractivity contribution in [3.63, 3.8) is 0 Å². The van der Waals surface area contributed by atoms with Crippen molar-refractivity contribution in [2.75, 3.05) is 20.2 Å². The molecule has 2 N–H and O–H groups in total. The number of hydrogen-bond acceptors (Lipinski definition) is 6. The fraction of sp³-hybridized carbons (Fsp3) is 0.538. The highest BCUT2D eigenvalue weighted by molar-refractivity contribution is 7.89. The van der Waals surface area contributed by atoms with Crippen LogP contribution >= 0.6 is 12.4 Å². The Labute approximate surface area is 141 Å². The number of piperidine rings is 1. The molecule has 1 aromatic rings. The first-order chi connectivity index (χ1) is 10.4. The predicted molar refractivity (Wildman–Crippen MR) is 87.5 cm³/mol. The second-order valence-electron chi connectivity index (χ2n) is 5.09. The monoisotopic (exact) mass is 365 g/mol. The molecule has 1 aliphatic heterocycles. The number of nitrogens with two attached hydrogens (primary N) is 1. The molecule has 0 saturated carbocycles. The second kappa shape index (κ2) is 7.91. The average Bonchev–Trinajstić information content (AvgIpc) is 2.53. The zero-order valence-corrected chi connectivity index (χ0v) is 14.3. The van der Waals surface area contributed by atoms with E-state index in [-0.39, 0.29) is 41.3 Å². The van der Waals surface area contributed by atoms with Gasteiger partial charge in [-0.3, -0.25) is 10.1 Å². The summed E-state index contributed by atoms with van der Waals surface area (Å²) in [6.07, 6.45) is 2.39. The van der Waals surface area contributed by atoms with Crippen molar-refractivity contribution in [2.24, 2.45) is 5.73 Å². The van der Waals surface area contributed by atoms with Gasteiger partial charge in [-0.2, -0.15) is 4.31 Å². The van der Waals surface area contributed by atoms with Crippen LogP contribution in [-0.4, -0.2) is 43.9 Å². The first-order valence-electron chi connectivity index (χ1n) is 6.96. The quantitative estimate of drug-likeness (QED) is 0.624. The number of nitrogens with zero attached hydrogens (tertiary/aromatic N) is 2. The predicted octanol–water partition coefficient (Wildman–Crippen LogP) is 1.53. The van der Waals surface area contributed by atoms with Crippen molar-refractivity contribution < 1.29 is 18.1 Å². The molecule has 1 atom stereocenters. The molecule has 0 aromatic heterocycles. The summed E-state index contributed by atoms with van der Waals surface area (Å²) >= 11 is 0. The van der Waals surface area contributed by atoms with E-state index in [0.29, 0.717) is 13.0 Å². The Morgan fingerprint density at radius 3 is 2.70 bits per heavy atom. The molecular formula is C13H20ClN3O5S. The summed E-state index contributed by atoms with van der Waals surface area (Å²) in [5.41, 5.74) is 5.29. The molecule has 130 valence electrons. The van der Waals surface area contributed by atoms with E-state index in [4.69, 9.17) is 10.5 Å². The maximum Gasteiger partial charge on any atom is 0.312 e. The summed E-state index contributed by atoms with van der Waals surface area (Å²) in [6, 6.07) is 3.39. The SMILES string of the molecule is COc1ccc(S(=O)(=O)N2CCCCC2CN)cc1[N+](=O)[O-].Cl. The molecule has 23 heavy (non-hydrogen) atoms. The molecule has 0 radical (unpaired) electrons. The van der Waals surface area contributed by atoms with Gasteiger partial charge in [-0.15, -0.1) is 12.4 Å². The van der Waals surface area contributed by atoms with Crippen LogP contribution in [0.4, 0.5) is 5.69 Å². The van der Waals surface area contributed by atoms with Gasteiger partial charge in [0.25, 0.3) is 0 Å². The van der Waals surface area contributed by atoms with Crippen molar-refractivity contribution in [1.29, 1.82) is 0 Å². The minimum Gasteiger partial charge on any atom is -0.490 e. The number of halogens is 1. The van der Waals surface area contributed by atoms with E-state index >= 15 is 0 Å². The summed E-state index contributed by atoms with van der Waals surface area (Å²) < 4.78 is 31.7. The molecular weight excluding hydrogens is 346 g/mol. The number of methoxy groups -OCH3 is 1. The lowest BCUT2D eigenvalue weighted by Crippen LogP contribution is -2.47. The van der Waals surface area contributed by atoms with Gasteiger partial charge in [0, 0.05) is 25.2 Å². The van der Waals surface area contributed by atoms with E-state index in [1.807, 2.05) is 0 Å². The molecule has 1 saturated heterocycles. The highest BCUT2D eigenvalue weighted by Gasteiger charge is 2.34. The van der Waals surface area contributed by atoms with Crippen molar-refractivity contribution >= 4 is 28.1 Å². The fourth-order valence-electron chi connectivity index (χ4n) is 2.63. The summed E-state index contributed by atoms with van der Waals surface area (Å²) in [7, 11) is -2.51. The molecule has 1 aliphatic rings. The largest absolute Gasteiger partial charge is 0.490 e. The minimum absolute atomic E-state index is 0. The van der Waals surface area contributed by atoms with E-state index in [2.05, 4.69) is 0 Å². The number of nitro benzene ring substituents is 1. The van der Waals surface area contributed by atoms with Gasteiger partial charge in [-0.25, -0.2) is 8.42 Å². The Morgan fingerprint density at radius 1 is 1.43 bits per heavy atom. The van der Waals surface area contributed by atoms with Crippen LogP contribution in [-0.2, 0) is 10.0 Å². The number of nitro groups is 1. The zero-order valence-electron chi connectivity index (χ0n) is 12.7. The van der Waals surface area contributed by atoms with E-state index in [1.54, 1.807) is 0 Å². The first-order valence-corrected chi connectivity index (χ1v) is 8.40. The summed E-state index contributed by atoms with van der Waals surface area (Å²) in [5.74, 6) is 0.0259. The normalized spacial score (nSPS) is 19.0. The Morgan fingerprint density at radius 2 is 2.13 bits per heavy atom. The number of sulfonamides is 1.